The van der Waals surface area contributed by atoms with Crippen molar-refractivity contribution in [2.75, 3.05) is 13.6 Å². The molecular weight excluding hydrogens is 514 g/mol. The lowest BCUT2D eigenvalue weighted by molar-refractivity contribution is -0.149. The Morgan fingerprint density at radius 2 is 1.98 bits per heavy atom. The van der Waals surface area contributed by atoms with E-state index >= 15 is 0 Å². The molecule has 1 aromatic rings. The van der Waals surface area contributed by atoms with Crippen LogP contribution in [0.3, 0.4) is 0 Å². The van der Waals surface area contributed by atoms with Crippen molar-refractivity contribution in [1.82, 2.24) is 25.8 Å². The van der Waals surface area contributed by atoms with Crippen LogP contribution in [0, 0.1) is 0 Å². The zero-order valence-corrected chi connectivity index (χ0v) is 23.6. The number of unbranched alkanes of at least 4 members (excludes halogenated alkanes) is 1. The third-order valence-corrected chi connectivity index (χ3v) is 8.34. The lowest BCUT2D eigenvalue weighted by Gasteiger charge is -2.26. The number of hydrogen-bond donors (Lipinski definition) is 3. The molecule has 0 aliphatic carbocycles. The van der Waals surface area contributed by atoms with E-state index in [0.717, 1.165) is 44.1 Å². The Morgan fingerprint density at radius 3 is 2.67 bits per heavy atom. The molecule has 218 valence electrons. The molecule has 6 atom stereocenters. The third kappa shape index (κ3) is 6.80. The molecule has 4 rings (SSSR count). The maximum atomic E-state index is 13.0. The van der Waals surface area contributed by atoms with E-state index in [1.807, 2.05) is 19.9 Å². The molecule has 0 saturated carbocycles. The molecule has 0 aromatic heterocycles. The highest BCUT2D eigenvalue weighted by Crippen LogP contribution is 2.30. The maximum Gasteiger partial charge on any atom is 0.329 e. The number of likely N-dealkylation sites (tertiary alicyclic amines) is 2. The van der Waals surface area contributed by atoms with E-state index < -0.39 is 12.1 Å². The molecule has 11 nitrogen and oxygen atoms in total. The Morgan fingerprint density at radius 1 is 1.18 bits per heavy atom. The van der Waals surface area contributed by atoms with Gasteiger partial charge in [0.2, 0.25) is 18.2 Å². The fourth-order valence-electron chi connectivity index (χ4n) is 5.88. The number of morpholine rings is 1. The molecule has 40 heavy (non-hydrogen) atoms. The molecule has 1 aromatic carbocycles. The SMILES string of the molecule is CNC(C)C(=O)NC(C)CCCCC1CCC(C(=O)NCc2cccc(C(=O)N3CC4CC3C(=O)O4)c2)N1C=O. The van der Waals surface area contributed by atoms with Gasteiger partial charge in [-0.05, 0) is 64.3 Å². The van der Waals surface area contributed by atoms with Crippen molar-refractivity contribution in [3.63, 3.8) is 0 Å². The highest BCUT2D eigenvalue weighted by atomic mass is 16.6. The predicted octanol–water partition coefficient (Wildman–Crippen LogP) is 1.11. The monoisotopic (exact) mass is 555 g/mol. The zero-order chi connectivity index (χ0) is 28.8. The number of rotatable bonds is 13. The molecule has 11 heteroatoms. The topological polar surface area (TPSA) is 137 Å². The first-order chi connectivity index (χ1) is 19.2. The van der Waals surface area contributed by atoms with E-state index in [1.165, 1.54) is 0 Å². The molecule has 3 aliphatic rings. The minimum Gasteiger partial charge on any atom is -0.459 e. The fraction of sp³-hybridized carbons (Fsp3) is 0.621. The number of carbonyl (C=O) groups excluding carboxylic acids is 5. The van der Waals surface area contributed by atoms with Crippen LogP contribution in [-0.2, 0) is 30.5 Å². The Bertz CT molecular complexity index is 1110. The Hall–Kier alpha value is -3.47. The van der Waals surface area contributed by atoms with Gasteiger partial charge in [-0.1, -0.05) is 25.0 Å². The van der Waals surface area contributed by atoms with Crippen LogP contribution in [0.1, 0.15) is 74.7 Å². The molecule has 0 radical (unpaired) electrons. The van der Waals surface area contributed by atoms with Gasteiger partial charge in [0.05, 0.1) is 12.6 Å². The molecule has 3 heterocycles. The number of hydrogen-bond acceptors (Lipinski definition) is 7. The van der Waals surface area contributed by atoms with Crippen LogP contribution in [0.4, 0.5) is 0 Å². The van der Waals surface area contributed by atoms with Gasteiger partial charge in [-0.2, -0.15) is 0 Å². The van der Waals surface area contributed by atoms with E-state index in [9.17, 15) is 24.0 Å². The first kappa shape index (κ1) is 29.5. The minimum atomic E-state index is -0.514. The Balaban J connectivity index is 1.22. The molecule has 2 bridgehead atoms. The summed E-state index contributed by atoms with van der Waals surface area (Å²) in [5.74, 6) is -0.788. The Kier molecular flexibility index (Phi) is 9.78. The summed E-state index contributed by atoms with van der Waals surface area (Å²) in [7, 11) is 1.75. The molecular formula is C29H41N5O6. The van der Waals surface area contributed by atoms with Gasteiger partial charge in [0.25, 0.3) is 5.91 Å². The summed E-state index contributed by atoms with van der Waals surface area (Å²) in [6.45, 7) is 4.45. The van der Waals surface area contributed by atoms with Crippen LogP contribution in [0.2, 0.25) is 0 Å². The number of ether oxygens (including phenoxy) is 1. The Labute approximate surface area is 235 Å². The lowest BCUT2D eigenvalue weighted by atomic mass is 10.0. The summed E-state index contributed by atoms with van der Waals surface area (Å²) in [5, 5.41) is 8.85. The molecule has 3 N–H and O–H groups in total. The fourth-order valence-corrected chi connectivity index (χ4v) is 5.88. The summed E-state index contributed by atoms with van der Waals surface area (Å²) < 4.78 is 5.17. The summed E-state index contributed by atoms with van der Waals surface area (Å²) >= 11 is 0. The number of nitrogens with one attached hydrogen (secondary N) is 3. The first-order valence-corrected chi connectivity index (χ1v) is 14.3. The van der Waals surface area contributed by atoms with Crippen molar-refractivity contribution in [3.8, 4) is 0 Å². The number of carbonyl (C=O) groups is 5. The number of nitrogens with zero attached hydrogens (tertiary/aromatic N) is 2. The van der Waals surface area contributed by atoms with Crippen LogP contribution in [-0.4, -0.2) is 89.8 Å². The zero-order valence-electron chi connectivity index (χ0n) is 23.6. The lowest BCUT2D eigenvalue weighted by Crippen LogP contribution is -2.45. The second-order valence-electron chi connectivity index (χ2n) is 11.2. The maximum absolute atomic E-state index is 13.0. The smallest absolute Gasteiger partial charge is 0.329 e. The van der Waals surface area contributed by atoms with Crippen molar-refractivity contribution in [3.05, 3.63) is 35.4 Å². The van der Waals surface area contributed by atoms with Gasteiger partial charge in [0, 0.05) is 30.6 Å². The number of likely N-dealkylation sites (N-methyl/N-ethyl adjacent to an activating group) is 1. The molecule has 4 amide bonds. The van der Waals surface area contributed by atoms with Gasteiger partial charge < -0.3 is 30.5 Å². The number of benzene rings is 1. The van der Waals surface area contributed by atoms with Gasteiger partial charge in [-0.3, -0.25) is 19.2 Å². The summed E-state index contributed by atoms with van der Waals surface area (Å²) in [6.07, 6.45) is 5.97. The number of amides is 4. The van der Waals surface area contributed by atoms with E-state index in [0.29, 0.717) is 24.9 Å². The van der Waals surface area contributed by atoms with Crippen molar-refractivity contribution in [2.24, 2.45) is 0 Å². The second kappa shape index (κ2) is 13.3. The molecule has 6 unspecified atom stereocenters. The van der Waals surface area contributed by atoms with Crippen LogP contribution in [0.15, 0.2) is 24.3 Å². The molecule has 3 fully saturated rings. The largest absolute Gasteiger partial charge is 0.459 e. The van der Waals surface area contributed by atoms with Crippen LogP contribution in [0.5, 0.6) is 0 Å². The first-order valence-electron chi connectivity index (χ1n) is 14.3. The van der Waals surface area contributed by atoms with E-state index in [-0.39, 0.29) is 54.5 Å². The van der Waals surface area contributed by atoms with Crippen LogP contribution < -0.4 is 16.0 Å². The van der Waals surface area contributed by atoms with Crippen molar-refractivity contribution < 1.29 is 28.7 Å². The molecule has 3 aliphatic heterocycles. The second-order valence-corrected chi connectivity index (χ2v) is 11.2. The standard InChI is InChI=1S/C29H41N5O6/c1-18(32-26(36)19(2)30-3)7-4-5-10-22-11-12-24(34(22)17-35)27(37)31-15-20-8-6-9-21(13-20)28(38)33-16-23-14-25(33)29(39)40-23/h6,8-9,13,17-19,22-25,30H,4-5,7,10-12,14-16H2,1-3H3,(H,31,37)(H,32,36). The van der Waals surface area contributed by atoms with Gasteiger partial charge in [0.15, 0.2) is 0 Å². The average molecular weight is 556 g/mol. The van der Waals surface area contributed by atoms with E-state index in [2.05, 4.69) is 16.0 Å². The normalized spacial score (nSPS) is 24.9. The quantitative estimate of drug-likeness (QED) is 0.188. The highest BCUT2D eigenvalue weighted by Gasteiger charge is 2.48. The number of fused-ring (bicyclic) bond motifs is 2. The van der Waals surface area contributed by atoms with Gasteiger partial charge in [-0.15, -0.1) is 0 Å². The highest BCUT2D eigenvalue weighted by molar-refractivity contribution is 5.98. The minimum absolute atomic E-state index is 0.0184. The van der Waals surface area contributed by atoms with Crippen LogP contribution >= 0.6 is 0 Å². The third-order valence-electron chi connectivity index (χ3n) is 8.34. The van der Waals surface area contributed by atoms with Gasteiger partial charge >= 0.3 is 5.97 Å². The number of esters is 1. The van der Waals surface area contributed by atoms with Crippen LogP contribution in [0.25, 0.3) is 0 Å². The van der Waals surface area contributed by atoms with Crippen molar-refractivity contribution in [1.29, 1.82) is 0 Å². The van der Waals surface area contributed by atoms with E-state index in [1.54, 1.807) is 35.0 Å². The summed E-state index contributed by atoms with van der Waals surface area (Å²) in [5.41, 5.74) is 1.23. The average Bonchev–Trinajstić information content (AvgIpc) is 3.67. The van der Waals surface area contributed by atoms with E-state index in [4.69, 9.17) is 4.74 Å². The molecule has 3 saturated heterocycles. The summed E-state index contributed by atoms with van der Waals surface area (Å²) in [4.78, 5) is 65.0. The van der Waals surface area contributed by atoms with Crippen molar-refractivity contribution >= 4 is 30.1 Å². The van der Waals surface area contributed by atoms with Crippen molar-refractivity contribution in [2.45, 2.75) is 102 Å². The summed E-state index contributed by atoms with van der Waals surface area (Å²) in [6, 6.07) is 5.87. The van der Waals surface area contributed by atoms with Gasteiger partial charge in [-0.25, -0.2) is 4.79 Å². The molecule has 0 spiro atoms. The van der Waals surface area contributed by atoms with Gasteiger partial charge in [0.1, 0.15) is 18.2 Å². The predicted molar refractivity (Wildman–Crippen MR) is 147 cm³/mol.